The first-order valence-electron chi connectivity index (χ1n) is 5.23. The van der Waals surface area contributed by atoms with Crippen LogP contribution >= 0.6 is 0 Å². The van der Waals surface area contributed by atoms with Gasteiger partial charge >= 0.3 is 5.97 Å². The Bertz CT molecular complexity index is 219. The summed E-state index contributed by atoms with van der Waals surface area (Å²) in [7, 11) is 1.33. The number of carbonyl (C=O) groups excluding carboxylic acids is 1. The van der Waals surface area contributed by atoms with Gasteiger partial charge in [-0.25, -0.2) is 4.79 Å². The van der Waals surface area contributed by atoms with E-state index in [4.69, 9.17) is 0 Å². The molecule has 1 N–H and O–H groups in total. The summed E-state index contributed by atoms with van der Waals surface area (Å²) in [6.45, 7) is 5.86. The van der Waals surface area contributed by atoms with E-state index in [9.17, 15) is 9.90 Å². The summed E-state index contributed by atoms with van der Waals surface area (Å²) >= 11 is 0. The lowest BCUT2D eigenvalue weighted by Crippen LogP contribution is -2.54. The molecule has 1 aliphatic carbocycles. The van der Waals surface area contributed by atoms with E-state index in [1.807, 2.05) is 13.8 Å². The van der Waals surface area contributed by atoms with Gasteiger partial charge in [-0.15, -0.1) is 0 Å². The monoisotopic (exact) mass is 200 g/mol. The van der Waals surface area contributed by atoms with Crippen molar-refractivity contribution in [3.63, 3.8) is 0 Å². The van der Waals surface area contributed by atoms with Gasteiger partial charge in [0.1, 0.15) is 0 Å². The highest BCUT2D eigenvalue weighted by atomic mass is 16.5. The maximum absolute atomic E-state index is 11.5. The molecule has 82 valence electrons. The Morgan fingerprint density at radius 1 is 1.50 bits per heavy atom. The summed E-state index contributed by atoms with van der Waals surface area (Å²) in [6, 6.07) is 0. The molecule has 1 saturated carbocycles. The second kappa shape index (κ2) is 3.89. The van der Waals surface area contributed by atoms with E-state index in [-0.39, 0.29) is 11.8 Å². The topological polar surface area (TPSA) is 46.5 Å². The summed E-state index contributed by atoms with van der Waals surface area (Å²) < 4.78 is 4.68. The van der Waals surface area contributed by atoms with Gasteiger partial charge in [0.25, 0.3) is 0 Å². The molecular weight excluding hydrogens is 180 g/mol. The van der Waals surface area contributed by atoms with Crippen LogP contribution in [0.2, 0.25) is 0 Å². The first-order chi connectivity index (χ1) is 6.42. The number of hydrogen-bond acceptors (Lipinski definition) is 3. The number of hydrogen-bond donors (Lipinski definition) is 1. The summed E-state index contributed by atoms with van der Waals surface area (Å²) in [4.78, 5) is 11.5. The Morgan fingerprint density at radius 2 is 2.00 bits per heavy atom. The molecule has 1 unspecified atom stereocenters. The lowest BCUT2D eigenvalue weighted by molar-refractivity contribution is -0.183. The zero-order valence-electron chi connectivity index (χ0n) is 9.41. The van der Waals surface area contributed by atoms with E-state index < -0.39 is 11.6 Å². The van der Waals surface area contributed by atoms with Crippen molar-refractivity contribution in [3.05, 3.63) is 0 Å². The highest BCUT2D eigenvalue weighted by Crippen LogP contribution is 2.44. The predicted octanol–water partition coefficient (Wildman–Crippen LogP) is 1.59. The second-order valence-electron chi connectivity index (χ2n) is 4.75. The van der Waals surface area contributed by atoms with Crippen molar-refractivity contribution in [1.29, 1.82) is 0 Å². The van der Waals surface area contributed by atoms with Crippen LogP contribution in [0.25, 0.3) is 0 Å². The highest BCUT2D eigenvalue weighted by molar-refractivity contribution is 5.80. The molecule has 0 spiro atoms. The van der Waals surface area contributed by atoms with Crippen LogP contribution in [0.5, 0.6) is 0 Å². The molecular formula is C11H20O3. The van der Waals surface area contributed by atoms with E-state index in [2.05, 4.69) is 11.7 Å². The van der Waals surface area contributed by atoms with Crippen LogP contribution in [0, 0.1) is 17.8 Å². The van der Waals surface area contributed by atoms with Gasteiger partial charge in [0, 0.05) is 0 Å². The first kappa shape index (κ1) is 11.5. The van der Waals surface area contributed by atoms with Crippen molar-refractivity contribution >= 4 is 5.97 Å². The molecule has 3 nitrogen and oxygen atoms in total. The summed E-state index contributed by atoms with van der Waals surface area (Å²) in [5, 5.41) is 10.3. The molecule has 1 atom stereocenters. The number of aliphatic hydroxyl groups is 1. The predicted molar refractivity (Wildman–Crippen MR) is 53.7 cm³/mol. The van der Waals surface area contributed by atoms with Crippen molar-refractivity contribution < 1.29 is 14.6 Å². The van der Waals surface area contributed by atoms with Gasteiger partial charge in [0.05, 0.1) is 7.11 Å². The zero-order valence-corrected chi connectivity index (χ0v) is 9.41. The summed E-state index contributed by atoms with van der Waals surface area (Å²) in [6.07, 6.45) is 1.84. The van der Waals surface area contributed by atoms with Gasteiger partial charge in [-0.05, 0) is 30.6 Å². The fourth-order valence-electron chi connectivity index (χ4n) is 2.30. The van der Waals surface area contributed by atoms with Gasteiger partial charge in [0.2, 0.25) is 0 Å². The highest BCUT2D eigenvalue weighted by Gasteiger charge is 2.51. The first-order valence-corrected chi connectivity index (χ1v) is 5.23. The summed E-state index contributed by atoms with van der Waals surface area (Å²) in [5.74, 6) is 0.122. The average Bonchev–Trinajstić information content (AvgIpc) is 2.10. The molecule has 0 aromatic rings. The number of rotatable bonds is 3. The summed E-state index contributed by atoms with van der Waals surface area (Å²) in [5.41, 5.74) is -1.28. The van der Waals surface area contributed by atoms with Crippen LogP contribution in [-0.2, 0) is 9.53 Å². The van der Waals surface area contributed by atoms with Crippen LogP contribution in [0.4, 0.5) is 0 Å². The Morgan fingerprint density at radius 3 is 2.29 bits per heavy atom. The van der Waals surface area contributed by atoms with E-state index in [1.54, 1.807) is 0 Å². The SMILES string of the molecule is COC(=O)C(O)(C(C)C)C1CC(C)C1. The molecule has 3 heteroatoms. The molecule has 0 aromatic carbocycles. The van der Waals surface area contributed by atoms with Crippen molar-refractivity contribution in [2.45, 2.75) is 39.2 Å². The Balaban J connectivity index is 2.77. The minimum absolute atomic E-state index is 0.0740. The van der Waals surface area contributed by atoms with Gasteiger partial charge in [-0.3, -0.25) is 0 Å². The molecule has 0 aliphatic heterocycles. The number of carbonyl (C=O) groups is 1. The van der Waals surface area contributed by atoms with Crippen LogP contribution in [0.1, 0.15) is 33.6 Å². The number of esters is 1. The smallest absolute Gasteiger partial charge is 0.338 e. The molecule has 14 heavy (non-hydrogen) atoms. The molecule has 0 radical (unpaired) electrons. The molecule has 1 fully saturated rings. The normalized spacial score (nSPS) is 30.7. The fourth-order valence-corrected chi connectivity index (χ4v) is 2.30. The van der Waals surface area contributed by atoms with Crippen molar-refractivity contribution in [2.24, 2.45) is 17.8 Å². The Kier molecular flexibility index (Phi) is 3.20. The molecule has 1 aliphatic rings. The van der Waals surface area contributed by atoms with Gasteiger partial charge in [-0.1, -0.05) is 20.8 Å². The maximum Gasteiger partial charge on any atom is 0.338 e. The minimum Gasteiger partial charge on any atom is -0.467 e. The van der Waals surface area contributed by atoms with Crippen LogP contribution in [0.3, 0.4) is 0 Å². The third-order valence-corrected chi connectivity index (χ3v) is 3.39. The van der Waals surface area contributed by atoms with E-state index >= 15 is 0 Å². The lowest BCUT2D eigenvalue weighted by Gasteiger charge is -2.45. The van der Waals surface area contributed by atoms with E-state index in [0.29, 0.717) is 5.92 Å². The quantitative estimate of drug-likeness (QED) is 0.704. The maximum atomic E-state index is 11.5. The molecule has 1 rings (SSSR count). The van der Waals surface area contributed by atoms with Crippen molar-refractivity contribution in [3.8, 4) is 0 Å². The molecule has 0 bridgehead atoms. The third-order valence-electron chi connectivity index (χ3n) is 3.39. The van der Waals surface area contributed by atoms with Gasteiger partial charge in [0.15, 0.2) is 5.60 Å². The number of ether oxygens (including phenoxy) is 1. The van der Waals surface area contributed by atoms with E-state index in [1.165, 1.54) is 7.11 Å². The Hall–Kier alpha value is -0.570. The molecule has 0 aromatic heterocycles. The van der Waals surface area contributed by atoms with Crippen molar-refractivity contribution in [1.82, 2.24) is 0 Å². The average molecular weight is 200 g/mol. The fraction of sp³-hybridized carbons (Fsp3) is 0.909. The molecule has 0 heterocycles. The zero-order chi connectivity index (χ0) is 10.9. The van der Waals surface area contributed by atoms with Gasteiger partial charge < -0.3 is 9.84 Å². The minimum atomic E-state index is -1.28. The molecule has 0 amide bonds. The third kappa shape index (κ3) is 1.65. The van der Waals surface area contributed by atoms with E-state index in [0.717, 1.165) is 12.8 Å². The van der Waals surface area contributed by atoms with Crippen LogP contribution in [-0.4, -0.2) is 23.8 Å². The Labute approximate surface area is 85.5 Å². The standard InChI is InChI=1S/C11H20O3/c1-7(2)11(13,10(12)14-4)9-5-8(3)6-9/h7-9,13H,5-6H2,1-4H3. The number of methoxy groups -OCH3 is 1. The van der Waals surface area contributed by atoms with Crippen LogP contribution in [0.15, 0.2) is 0 Å². The lowest BCUT2D eigenvalue weighted by atomic mass is 9.63. The van der Waals surface area contributed by atoms with Gasteiger partial charge in [-0.2, -0.15) is 0 Å². The van der Waals surface area contributed by atoms with Crippen molar-refractivity contribution in [2.75, 3.05) is 7.11 Å². The van der Waals surface area contributed by atoms with Crippen LogP contribution < -0.4 is 0 Å². The largest absolute Gasteiger partial charge is 0.467 e. The second-order valence-corrected chi connectivity index (χ2v) is 4.75. The molecule has 0 saturated heterocycles.